The van der Waals surface area contributed by atoms with Crippen molar-refractivity contribution < 1.29 is 19.5 Å². The molecular weight excluding hydrogens is 392 g/mol. The summed E-state index contributed by atoms with van der Waals surface area (Å²) in [5.41, 5.74) is 2.88. The van der Waals surface area contributed by atoms with Crippen LogP contribution in [-0.2, 0) is 16.0 Å². The van der Waals surface area contributed by atoms with E-state index in [1.165, 1.54) is 43.2 Å². The maximum atomic E-state index is 11.3. The van der Waals surface area contributed by atoms with Gasteiger partial charge in [-0.15, -0.1) is 0 Å². The van der Waals surface area contributed by atoms with E-state index in [9.17, 15) is 14.4 Å². The molecule has 1 aliphatic heterocycles. The standard InChI is InChI=1S/C11H14ClN.C11H11NO4/c1-8-7-13-5-4-9-2-3-10(12)6-11(8)9;1-7(13)12(8(2)14)10-6-4-3-5-9(10)11(15)16/h2-3,6,8,13H,4-5,7H2,1H3;3-6H,1-2H3,(H,15,16). The van der Waals surface area contributed by atoms with Crippen LogP contribution in [0.4, 0.5) is 5.69 Å². The molecule has 2 amide bonds. The monoisotopic (exact) mass is 416 g/mol. The first-order valence-electron chi connectivity index (χ1n) is 9.35. The number of benzene rings is 2. The highest BCUT2D eigenvalue weighted by Crippen LogP contribution is 2.25. The van der Waals surface area contributed by atoms with Crippen LogP contribution in [0, 0.1) is 0 Å². The van der Waals surface area contributed by atoms with Crippen molar-refractivity contribution in [3.63, 3.8) is 0 Å². The molecule has 0 radical (unpaired) electrons. The molecular formula is C22H25ClN2O4. The number of fused-ring (bicyclic) bond motifs is 1. The zero-order valence-electron chi connectivity index (χ0n) is 16.7. The van der Waals surface area contributed by atoms with E-state index in [-0.39, 0.29) is 11.3 Å². The summed E-state index contributed by atoms with van der Waals surface area (Å²) in [6, 6.07) is 12.1. The molecule has 1 aliphatic rings. The first kappa shape index (κ1) is 22.6. The van der Waals surface area contributed by atoms with Crippen molar-refractivity contribution in [2.24, 2.45) is 0 Å². The van der Waals surface area contributed by atoms with E-state index in [1.54, 1.807) is 6.07 Å². The lowest BCUT2D eigenvalue weighted by Gasteiger charge is -2.18. The number of halogens is 1. The van der Waals surface area contributed by atoms with Gasteiger partial charge in [0.1, 0.15) is 0 Å². The summed E-state index contributed by atoms with van der Waals surface area (Å²) in [7, 11) is 0. The maximum Gasteiger partial charge on any atom is 0.337 e. The first-order valence-corrected chi connectivity index (χ1v) is 9.72. The Morgan fingerprint density at radius 3 is 2.38 bits per heavy atom. The molecule has 154 valence electrons. The fraction of sp³-hybridized carbons (Fsp3) is 0.318. The van der Waals surface area contributed by atoms with Gasteiger partial charge in [-0.05, 0) is 54.3 Å². The molecule has 2 aromatic carbocycles. The lowest BCUT2D eigenvalue weighted by molar-refractivity contribution is -0.124. The SMILES string of the molecule is CC(=O)N(C(C)=O)c1ccccc1C(=O)O.CC1CNCCc2ccc(Cl)cc21. The summed E-state index contributed by atoms with van der Waals surface area (Å²) >= 11 is 5.97. The summed E-state index contributed by atoms with van der Waals surface area (Å²) in [4.78, 5) is 34.3. The average Bonchev–Trinajstić information content (AvgIpc) is 2.83. The van der Waals surface area contributed by atoms with E-state index in [4.69, 9.17) is 16.7 Å². The highest BCUT2D eigenvalue weighted by molar-refractivity contribution is 6.30. The number of carbonyl (C=O) groups excluding carboxylic acids is 2. The number of aromatic carboxylic acids is 1. The molecule has 0 saturated carbocycles. The van der Waals surface area contributed by atoms with Crippen LogP contribution in [0.15, 0.2) is 42.5 Å². The second-order valence-electron chi connectivity index (χ2n) is 6.89. The van der Waals surface area contributed by atoms with E-state index in [2.05, 4.69) is 24.4 Å². The summed E-state index contributed by atoms with van der Waals surface area (Å²) in [5.74, 6) is -1.62. The van der Waals surface area contributed by atoms with Crippen LogP contribution in [0.1, 0.15) is 48.2 Å². The van der Waals surface area contributed by atoms with Gasteiger partial charge >= 0.3 is 5.97 Å². The average molecular weight is 417 g/mol. The fourth-order valence-corrected chi connectivity index (χ4v) is 3.49. The van der Waals surface area contributed by atoms with Crippen molar-refractivity contribution in [2.45, 2.75) is 33.1 Å². The minimum absolute atomic E-state index is 0.0760. The number of hydrogen-bond donors (Lipinski definition) is 2. The number of nitrogens with one attached hydrogen (secondary N) is 1. The van der Waals surface area contributed by atoms with E-state index < -0.39 is 17.8 Å². The summed E-state index contributed by atoms with van der Waals surface area (Å²) in [5, 5.41) is 13.2. The van der Waals surface area contributed by atoms with Crippen LogP contribution in [-0.4, -0.2) is 36.0 Å². The fourth-order valence-electron chi connectivity index (χ4n) is 3.31. The van der Waals surface area contributed by atoms with Gasteiger partial charge in [0.25, 0.3) is 0 Å². The van der Waals surface area contributed by atoms with E-state index in [0.717, 1.165) is 29.4 Å². The molecule has 0 saturated heterocycles. The Labute approximate surface area is 175 Å². The third-order valence-corrected chi connectivity index (χ3v) is 4.90. The van der Waals surface area contributed by atoms with Crippen LogP contribution < -0.4 is 10.2 Å². The number of imide groups is 1. The van der Waals surface area contributed by atoms with Crippen LogP contribution in [0.2, 0.25) is 5.02 Å². The highest BCUT2D eigenvalue weighted by atomic mass is 35.5. The van der Waals surface area contributed by atoms with Crippen molar-refractivity contribution in [2.75, 3.05) is 18.0 Å². The van der Waals surface area contributed by atoms with Gasteiger partial charge in [-0.3, -0.25) is 14.5 Å². The second kappa shape index (κ2) is 10.2. The number of amides is 2. The van der Waals surface area contributed by atoms with E-state index in [1.807, 2.05) is 6.07 Å². The number of hydrogen-bond acceptors (Lipinski definition) is 4. The minimum atomic E-state index is -1.18. The number of carboxylic acid groups (broad SMARTS) is 1. The molecule has 2 N–H and O–H groups in total. The molecule has 0 spiro atoms. The Hall–Kier alpha value is -2.70. The van der Waals surface area contributed by atoms with Crippen molar-refractivity contribution in [1.29, 1.82) is 0 Å². The van der Waals surface area contributed by atoms with Crippen LogP contribution >= 0.6 is 11.6 Å². The van der Waals surface area contributed by atoms with E-state index in [0.29, 0.717) is 5.92 Å². The zero-order valence-corrected chi connectivity index (χ0v) is 17.5. The molecule has 3 rings (SSSR count). The van der Waals surface area contributed by atoms with E-state index >= 15 is 0 Å². The van der Waals surface area contributed by atoms with Gasteiger partial charge in [0.15, 0.2) is 0 Å². The van der Waals surface area contributed by atoms with Gasteiger partial charge in [0.05, 0.1) is 11.3 Å². The lowest BCUT2D eigenvalue weighted by Crippen LogP contribution is -2.34. The Morgan fingerprint density at radius 2 is 1.76 bits per heavy atom. The third kappa shape index (κ3) is 5.89. The molecule has 29 heavy (non-hydrogen) atoms. The molecule has 0 bridgehead atoms. The summed E-state index contributed by atoms with van der Waals surface area (Å²) in [6.45, 7) is 6.81. The molecule has 1 atom stereocenters. The van der Waals surface area contributed by atoms with Gasteiger partial charge in [0, 0.05) is 25.4 Å². The molecule has 0 fully saturated rings. The molecule has 0 aromatic heterocycles. The minimum Gasteiger partial charge on any atom is -0.478 e. The quantitative estimate of drug-likeness (QED) is 0.775. The number of para-hydroxylation sites is 1. The van der Waals surface area contributed by atoms with Crippen molar-refractivity contribution >= 4 is 35.1 Å². The number of nitrogens with zero attached hydrogens (tertiary/aromatic N) is 1. The van der Waals surface area contributed by atoms with Gasteiger partial charge in [0.2, 0.25) is 11.8 Å². The summed E-state index contributed by atoms with van der Waals surface area (Å²) in [6.07, 6.45) is 1.12. The Bertz CT molecular complexity index is 899. The van der Waals surface area contributed by atoms with Crippen molar-refractivity contribution in [3.05, 3.63) is 64.2 Å². The molecule has 1 heterocycles. The number of anilines is 1. The smallest absolute Gasteiger partial charge is 0.337 e. The number of carboxylic acids is 1. The van der Waals surface area contributed by atoms with Crippen LogP contribution in [0.25, 0.3) is 0 Å². The van der Waals surface area contributed by atoms with Gasteiger partial charge in [-0.2, -0.15) is 0 Å². The topological polar surface area (TPSA) is 86.7 Å². The second-order valence-corrected chi connectivity index (χ2v) is 7.33. The van der Waals surface area contributed by atoms with Crippen LogP contribution in [0.3, 0.4) is 0 Å². The zero-order chi connectivity index (χ0) is 21.6. The predicted molar refractivity (Wildman–Crippen MR) is 114 cm³/mol. The maximum absolute atomic E-state index is 11.3. The molecule has 0 aliphatic carbocycles. The largest absolute Gasteiger partial charge is 0.478 e. The van der Waals surface area contributed by atoms with Crippen LogP contribution in [0.5, 0.6) is 0 Å². The highest BCUT2D eigenvalue weighted by Gasteiger charge is 2.21. The molecule has 1 unspecified atom stereocenters. The van der Waals surface area contributed by atoms with Gasteiger partial charge < -0.3 is 10.4 Å². The summed E-state index contributed by atoms with van der Waals surface area (Å²) < 4.78 is 0. The first-order chi connectivity index (χ1) is 13.7. The Balaban J connectivity index is 0.000000211. The van der Waals surface area contributed by atoms with Crippen molar-refractivity contribution in [1.82, 2.24) is 5.32 Å². The molecule has 6 nitrogen and oxygen atoms in total. The third-order valence-electron chi connectivity index (χ3n) is 4.67. The number of rotatable bonds is 2. The number of carbonyl (C=O) groups is 3. The van der Waals surface area contributed by atoms with Gasteiger partial charge in [-0.25, -0.2) is 4.79 Å². The predicted octanol–water partition coefficient (Wildman–Crippen LogP) is 3.87. The molecule has 2 aromatic rings. The lowest BCUT2D eigenvalue weighted by atomic mass is 9.96. The molecule has 7 heteroatoms. The van der Waals surface area contributed by atoms with Gasteiger partial charge in [-0.1, -0.05) is 36.7 Å². The Morgan fingerprint density at radius 1 is 1.10 bits per heavy atom. The van der Waals surface area contributed by atoms with Crippen molar-refractivity contribution in [3.8, 4) is 0 Å². The Kier molecular flexibility index (Phi) is 7.93. The normalized spacial score (nSPS) is 15.2.